The molecule has 3 aliphatic rings. The van der Waals surface area contributed by atoms with E-state index in [1.54, 1.807) is 46.5 Å². The van der Waals surface area contributed by atoms with Crippen LogP contribution in [0.3, 0.4) is 0 Å². The van der Waals surface area contributed by atoms with Crippen molar-refractivity contribution in [3.8, 4) is 6.07 Å². The highest BCUT2D eigenvalue weighted by Crippen LogP contribution is 2.46. The minimum Gasteiger partial charge on any atom is -0.349 e. The maximum atomic E-state index is 12.8. The number of nitrogens with one attached hydrogen (secondary N) is 1. The summed E-state index contributed by atoms with van der Waals surface area (Å²) in [5.74, 6) is 1.23. The van der Waals surface area contributed by atoms with E-state index in [0.29, 0.717) is 34.6 Å². The van der Waals surface area contributed by atoms with Gasteiger partial charge in [0, 0.05) is 47.7 Å². The Morgan fingerprint density at radius 3 is 2.69 bits per heavy atom. The molecule has 182 valence electrons. The molecule has 2 aromatic heterocycles. The fraction of sp³-hybridized carbons (Fsp3) is 0.385. The smallest absolute Gasteiger partial charge is 0.254 e. The number of nitriles is 1. The van der Waals surface area contributed by atoms with Crippen molar-refractivity contribution in [1.82, 2.24) is 25.1 Å². The van der Waals surface area contributed by atoms with Gasteiger partial charge in [0.2, 0.25) is 11.9 Å². The molecular formula is C26H24ClN7O2. The second-order valence-corrected chi connectivity index (χ2v) is 10.4. The molecule has 3 fully saturated rings. The highest BCUT2D eigenvalue weighted by atomic mass is 35.5. The van der Waals surface area contributed by atoms with Gasteiger partial charge in [-0.15, -0.1) is 0 Å². The Balaban J connectivity index is 1.06. The fourth-order valence-electron chi connectivity index (χ4n) is 5.19. The first-order valence-corrected chi connectivity index (χ1v) is 12.5. The molecule has 0 unspecified atom stereocenters. The van der Waals surface area contributed by atoms with Gasteiger partial charge in [0.05, 0.1) is 29.4 Å². The van der Waals surface area contributed by atoms with E-state index in [0.717, 1.165) is 30.4 Å². The first-order chi connectivity index (χ1) is 17.4. The van der Waals surface area contributed by atoms with Gasteiger partial charge in [-0.3, -0.25) is 19.2 Å². The third-order valence-electron chi connectivity index (χ3n) is 7.61. The molecule has 1 aromatic carbocycles. The van der Waals surface area contributed by atoms with Gasteiger partial charge < -0.3 is 5.32 Å². The number of halogens is 1. The molecule has 10 heteroatoms. The molecule has 9 nitrogen and oxygen atoms in total. The van der Waals surface area contributed by atoms with E-state index in [1.165, 1.54) is 0 Å². The Hall–Kier alpha value is -3.77. The predicted octanol–water partition coefficient (Wildman–Crippen LogP) is 3.47. The van der Waals surface area contributed by atoms with Crippen molar-refractivity contribution >= 4 is 29.4 Å². The van der Waals surface area contributed by atoms with Crippen LogP contribution >= 0.6 is 11.6 Å². The van der Waals surface area contributed by atoms with Crippen molar-refractivity contribution in [2.24, 2.45) is 11.8 Å². The van der Waals surface area contributed by atoms with Crippen LogP contribution in [-0.2, 0) is 4.79 Å². The Morgan fingerprint density at radius 1 is 1.22 bits per heavy atom. The first kappa shape index (κ1) is 22.7. The van der Waals surface area contributed by atoms with E-state index in [1.807, 2.05) is 13.0 Å². The zero-order valence-corrected chi connectivity index (χ0v) is 20.4. The van der Waals surface area contributed by atoms with Crippen LogP contribution in [-0.4, -0.2) is 44.1 Å². The van der Waals surface area contributed by atoms with Gasteiger partial charge in [0.15, 0.2) is 0 Å². The zero-order valence-electron chi connectivity index (χ0n) is 19.6. The summed E-state index contributed by atoms with van der Waals surface area (Å²) in [6.07, 6.45) is 9.21. The van der Waals surface area contributed by atoms with Crippen LogP contribution in [0, 0.1) is 23.2 Å². The lowest BCUT2D eigenvalue weighted by Crippen LogP contribution is -2.43. The lowest BCUT2D eigenvalue weighted by Gasteiger charge is -2.36. The van der Waals surface area contributed by atoms with Crippen molar-refractivity contribution in [1.29, 1.82) is 5.26 Å². The number of rotatable bonds is 6. The van der Waals surface area contributed by atoms with E-state index in [9.17, 15) is 14.9 Å². The lowest BCUT2D eigenvalue weighted by atomic mass is 9.74. The number of benzene rings is 1. The molecule has 6 rings (SSSR count). The maximum Gasteiger partial charge on any atom is 0.254 e. The highest BCUT2D eigenvalue weighted by molar-refractivity contribution is 6.30. The standard InChI is InChI=1S/C26H24ClN7O2/c1-14(18-9-29-26(30-10-18)33-12-17-6-23(17)25(33)36)34-13-19(11-31-34)24(35)32-21-4-16(5-21)22-7-20(27)3-2-15(22)8-28/h2-3,7,9-11,13-14,16-17,21,23H,4-6,12H2,1H3,(H,32,35)/t14-,16-,17-,21+,23-/m1/s1. The van der Waals surface area contributed by atoms with Gasteiger partial charge in [0.25, 0.3) is 5.91 Å². The SMILES string of the molecule is C[C@H](c1cnc(N2C[C@H]3C[C@H]3C2=O)nc1)n1cc(C(=O)N[C@H]2C[C@@H](c3cc(Cl)ccc3C#N)C2)cn1. The Morgan fingerprint density at radius 2 is 2.00 bits per heavy atom. The summed E-state index contributed by atoms with van der Waals surface area (Å²) >= 11 is 6.11. The molecule has 3 heterocycles. The molecule has 1 saturated heterocycles. The van der Waals surface area contributed by atoms with Crippen molar-refractivity contribution in [2.45, 2.75) is 44.2 Å². The van der Waals surface area contributed by atoms with Crippen molar-refractivity contribution in [3.63, 3.8) is 0 Å². The van der Waals surface area contributed by atoms with E-state index < -0.39 is 0 Å². The fourth-order valence-corrected chi connectivity index (χ4v) is 5.37. The maximum absolute atomic E-state index is 12.8. The molecule has 2 saturated carbocycles. The van der Waals surface area contributed by atoms with E-state index in [4.69, 9.17) is 11.6 Å². The van der Waals surface area contributed by atoms with Gasteiger partial charge >= 0.3 is 0 Å². The molecule has 2 aliphatic carbocycles. The topological polar surface area (TPSA) is 117 Å². The lowest BCUT2D eigenvalue weighted by molar-refractivity contribution is -0.118. The number of amides is 2. The molecule has 36 heavy (non-hydrogen) atoms. The monoisotopic (exact) mass is 501 g/mol. The van der Waals surface area contributed by atoms with Crippen molar-refractivity contribution in [3.05, 3.63) is 70.3 Å². The molecular weight excluding hydrogens is 478 g/mol. The number of piperidine rings is 1. The highest BCUT2D eigenvalue weighted by Gasteiger charge is 2.53. The number of nitrogens with zero attached hydrogens (tertiary/aromatic N) is 6. The number of hydrogen-bond donors (Lipinski definition) is 1. The summed E-state index contributed by atoms with van der Waals surface area (Å²) < 4.78 is 1.71. The largest absolute Gasteiger partial charge is 0.349 e. The number of anilines is 1. The second kappa shape index (κ2) is 8.71. The van der Waals surface area contributed by atoms with Crippen LogP contribution in [0.4, 0.5) is 5.95 Å². The summed E-state index contributed by atoms with van der Waals surface area (Å²) in [4.78, 5) is 35.5. The molecule has 2 amide bonds. The molecule has 1 aliphatic heterocycles. The number of carbonyl (C=O) groups excluding carboxylic acids is 2. The molecule has 0 spiro atoms. The normalized spacial score (nSPS) is 25.0. The Labute approximate surface area is 213 Å². The van der Waals surface area contributed by atoms with Gasteiger partial charge in [-0.25, -0.2) is 9.97 Å². The van der Waals surface area contributed by atoms with Crippen LogP contribution in [0.2, 0.25) is 5.02 Å². The molecule has 0 bridgehead atoms. The van der Waals surface area contributed by atoms with Crippen LogP contribution in [0.15, 0.2) is 43.0 Å². The van der Waals surface area contributed by atoms with Crippen LogP contribution < -0.4 is 10.2 Å². The van der Waals surface area contributed by atoms with Crippen molar-refractivity contribution in [2.75, 3.05) is 11.4 Å². The first-order valence-electron chi connectivity index (χ1n) is 12.1. The molecule has 3 atom stereocenters. The summed E-state index contributed by atoms with van der Waals surface area (Å²) in [5, 5.41) is 17.4. The minimum absolute atomic E-state index is 0.0362. The third-order valence-corrected chi connectivity index (χ3v) is 7.85. The van der Waals surface area contributed by atoms with Crippen LogP contribution in [0.5, 0.6) is 0 Å². The molecule has 0 radical (unpaired) electrons. The average molecular weight is 502 g/mol. The Kier molecular flexibility index (Phi) is 5.49. The number of hydrogen-bond acceptors (Lipinski definition) is 6. The van der Waals surface area contributed by atoms with E-state index in [-0.39, 0.29) is 35.7 Å². The van der Waals surface area contributed by atoms with Gasteiger partial charge in [-0.2, -0.15) is 10.4 Å². The minimum atomic E-state index is -0.179. The molecule has 3 aromatic rings. The number of carbonyl (C=O) groups is 2. The quantitative estimate of drug-likeness (QED) is 0.552. The van der Waals surface area contributed by atoms with Gasteiger partial charge in [-0.05, 0) is 61.8 Å². The van der Waals surface area contributed by atoms with Crippen LogP contribution in [0.25, 0.3) is 0 Å². The summed E-state index contributed by atoms with van der Waals surface area (Å²) in [5.41, 5.74) is 2.88. The zero-order chi connectivity index (χ0) is 25.0. The summed E-state index contributed by atoms with van der Waals surface area (Å²) in [6.45, 7) is 2.66. The summed E-state index contributed by atoms with van der Waals surface area (Å²) in [7, 11) is 0. The van der Waals surface area contributed by atoms with Crippen molar-refractivity contribution < 1.29 is 9.59 Å². The van der Waals surface area contributed by atoms with Gasteiger partial charge in [0.1, 0.15) is 0 Å². The molecule has 1 N–H and O–H groups in total. The summed E-state index contributed by atoms with van der Waals surface area (Å²) in [6, 6.07) is 7.38. The van der Waals surface area contributed by atoms with E-state index in [2.05, 4.69) is 26.5 Å². The average Bonchev–Trinajstić information content (AvgIpc) is 3.32. The van der Waals surface area contributed by atoms with Gasteiger partial charge in [-0.1, -0.05) is 11.6 Å². The second-order valence-electron chi connectivity index (χ2n) is 9.93. The number of fused-ring (bicyclic) bond motifs is 1. The third kappa shape index (κ3) is 4.01. The van der Waals surface area contributed by atoms with Crippen LogP contribution in [0.1, 0.15) is 65.2 Å². The predicted molar refractivity (Wildman–Crippen MR) is 131 cm³/mol. The Bertz CT molecular complexity index is 1390. The number of aromatic nitrogens is 4. The van der Waals surface area contributed by atoms with E-state index >= 15 is 0 Å².